The molecular weight excluding hydrogens is 737 g/mol. The molecule has 3 N–H and O–H groups in total. The molecule has 4 atom stereocenters. The fourth-order valence-corrected chi connectivity index (χ4v) is 8.19. The van der Waals surface area contributed by atoms with E-state index in [0.29, 0.717) is 13.1 Å². The average Bonchev–Trinajstić information content (AvgIpc) is 4.07. The summed E-state index contributed by atoms with van der Waals surface area (Å²) in [6.45, 7) is 8.94. The minimum absolute atomic E-state index is 0.00116. The van der Waals surface area contributed by atoms with Crippen LogP contribution >= 0.6 is 0 Å². The molecule has 304 valence electrons. The normalized spacial score (nSPS) is 17.9. The second-order valence-electron chi connectivity index (χ2n) is 15.9. The summed E-state index contributed by atoms with van der Waals surface area (Å²) in [6, 6.07) is 15.5. The lowest BCUT2D eigenvalue weighted by Crippen LogP contribution is -2.51. The minimum Gasteiger partial charge on any atom is -0.469 e. The van der Waals surface area contributed by atoms with Crippen LogP contribution in [0, 0.1) is 17.8 Å². The zero-order valence-corrected chi connectivity index (χ0v) is 34.0. The molecule has 14 nitrogen and oxygen atoms in total. The maximum absolute atomic E-state index is 13.6. The highest BCUT2D eigenvalue weighted by atomic mass is 16.5. The van der Waals surface area contributed by atoms with Gasteiger partial charge in [0.05, 0.1) is 68.1 Å². The van der Waals surface area contributed by atoms with E-state index in [0.717, 1.165) is 81.9 Å². The molecule has 0 bridgehead atoms. The van der Waals surface area contributed by atoms with E-state index in [9.17, 15) is 19.2 Å². The number of nitrogens with one attached hydrogen (secondary N) is 3. The number of carbonyl (C=O) groups excluding carboxylic acids is 4. The Morgan fingerprint density at radius 1 is 0.707 bits per heavy atom. The van der Waals surface area contributed by atoms with Gasteiger partial charge in [0, 0.05) is 36.0 Å². The Labute approximate surface area is 338 Å². The van der Waals surface area contributed by atoms with Crippen LogP contribution < -0.4 is 5.32 Å². The zero-order chi connectivity index (χ0) is 41.1. The van der Waals surface area contributed by atoms with E-state index in [2.05, 4.69) is 56.7 Å². The van der Waals surface area contributed by atoms with Crippen LogP contribution in [0.3, 0.4) is 0 Å². The van der Waals surface area contributed by atoms with Crippen molar-refractivity contribution in [3.63, 3.8) is 0 Å². The number of imidazole rings is 2. The Morgan fingerprint density at radius 2 is 1.28 bits per heavy atom. The second-order valence-corrected chi connectivity index (χ2v) is 15.9. The highest BCUT2D eigenvalue weighted by Crippen LogP contribution is 2.36. The molecule has 3 aromatic heterocycles. The minimum atomic E-state index is -0.691. The summed E-state index contributed by atoms with van der Waals surface area (Å²) in [4.78, 5) is 76.0. The fraction of sp³-hybridized carbons (Fsp3) is 0.432. The van der Waals surface area contributed by atoms with Gasteiger partial charge >= 0.3 is 12.1 Å². The number of pyridine rings is 1. The summed E-state index contributed by atoms with van der Waals surface area (Å²) in [7, 11) is 2.64. The first kappa shape index (κ1) is 40.2. The summed E-state index contributed by atoms with van der Waals surface area (Å²) in [5, 5.41) is 4.83. The standard InChI is InChI=1S/C44H52N8O6/c1-25(2)32(21-38(53)57-5)42(54)51-17-7-9-36(51)40-47-24-35(49-40)31-15-16-33(45-22-31)29-13-11-28-20-30(14-12-27(28)19-29)34-23-46-41(48-34)37-10-8-18-52(37)43(55)39(26(3)4)50-44(56)58-6/h11-16,19-20,22-26,32,36-37,39H,7-10,17-18,21H2,1-6H3,(H,46,48)(H,47,49)(H,50,56)/t32-,36-,37-,39-/m0/s1. The van der Waals surface area contributed by atoms with Crippen molar-refractivity contribution >= 4 is 34.6 Å². The number of H-pyrrole nitrogens is 2. The highest BCUT2D eigenvalue weighted by Gasteiger charge is 2.39. The average molecular weight is 789 g/mol. The Bertz CT molecular complexity index is 2280. The number of methoxy groups -OCH3 is 2. The van der Waals surface area contributed by atoms with Gasteiger partial charge < -0.3 is 34.6 Å². The Balaban J connectivity index is 1.02. The van der Waals surface area contributed by atoms with Crippen LogP contribution in [0.1, 0.15) is 83.5 Å². The molecule has 5 aromatic rings. The van der Waals surface area contributed by atoms with Crippen LogP contribution in [-0.4, -0.2) is 91.9 Å². The van der Waals surface area contributed by atoms with E-state index in [1.165, 1.54) is 14.2 Å². The molecule has 2 aromatic carbocycles. The third kappa shape index (κ3) is 8.32. The second kappa shape index (κ2) is 17.2. The number of ether oxygens (including phenoxy) is 2. The van der Waals surface area contributed by atoms with Crippen molar-refractivity contribution in [2.75, 3.05) is 27.3 Å². The van der Waals surface area contributed by atoms with Crippen LogP contribution in [0.2, 0.25) is 0 Å². The van der Waals surface area contributed by atoms with Crippen molar-refractivity contribution in [2.45, 2.75) is 77.9 Å². The number of rotatable bonds is 12. The summed E-state index contributed by atoms with van der Waals surface area (Å²) in [5.41, 5.74) is 5.37. The number of nitrogens with zero attached hydrogens (tertiary/aromatic N) is 5. The van der Waals surface area contributed by atoms with Crippen molar-refractivity contribution in [1.29, 1.82) is 0 Å². The van der Waals surface area contributed by atoms with Gasteiger partial charge in [-0.2, -0.15) is 0 Å². The zero-order valence-electron chi connectivity index (χ0n) is 34.0. The quantitative estimate of drug-likeness (QED) is 0.110. The number of likely N-dealkylation sites (tertiary alicyclic amines) is 2. The molecule has 0 spiro atoms. The largest absolute Gasteiger partial charge is 0.469 e. The molecule has 2 aliphatic heterocycles. The fourth-order valence-electron chi connectivity index (χ4n) is 8.19. The predicted octanol–water partition coefficient (Wildman–Crippen LogP) is 7.22. The number of aromatic amines is 2. The van der Waals surface area contributed by atoms with Gasteiger partial charge in [0.1, 0.15) is 17.7 Å². The first-order valence-electron chi connectivity index (χ1n) is 20.1. The monoisotopic (exact) mass is 788 g/mol. The van der Waals surface area contributed by atoms with Gasteiger partial charge in [-0.25, -0.2) is 14.8 Å². The van der Waals surface area contributed by atoms with Gasteiger partial charge in [-0.15, -0.1) is 0 Å². The maximum atomic E-state index is 13.6. The molecule has 0 saturated carbocycles. The van der Waals surface area contributed by atoms with Crippen LogP contribution in [0.15, 0.2) is 67.1 Å². The molecule has 0 radical (unpaired) electrons. The maximum Gasteiger partial charge on any atom is 0.407 e. The Morgan fingerprint density at radius 3 is 1.83 bits per heavy atom. The first-order valence-corrected chi connectivity index (χ1v) is 20.1. The topological polar surface area (TPSA) is 175 Å². The molecule has 5 heterocycles. The number of benzene rings is 2. The van der Waals surface area contributed by atoms with E-state index in [4.69, 9.17) is 19.4 Å². The lowest BCUT2D eigenvalue weighted by atomic mass is 9.91. The third-order valence-electron chi connectivity index (χ3n) is 11.5. The number of alkyl carbamates (subject to hydrolysis) is 1. The number of hydrogen-bond acceptors (Lipinski definition) is 9. The predicted molar refractivity (Wildman–Crippen MR) is 219 cm³/mol. The smallest absolute Gasteiger partial charge is 0.407 e. The Hall–Kier alpha value is -6.05. The van der Waals surface area contributed by atoms with Crippen molar-refractivity contribution in [3.8, 4) is 33.8 Å². The lowest BCUT2D eigenvalue weighted by Gasteiger charge is -2.30. The molecule has 2 saturated heterocycles. The van der Waals surface area contributed by atoms with Crippen molar-refractivity contribution in [1.82, 2.24) is 40.0 Å². The first-order chi connectivity index (χ1) is 27.9. The number of fused-ring (bicyclic) bond motifs is 1. The van der Waals surface area contributed by atoms with Gasteiger partial charge in [-0.3, -0.25) is 19.4 Å². The summed E-state index contributed by atoms with van der Waals surface area (Å²) in [6.07, 6.45) is 8.15. The number of carbonyl (C=O) groups is 4. The highest BCUT2D eigenvalue weighted by molar-refractivity contribution is 5.90. The van der Waals surface area contributed by atoms with Gasteiger partial charge in [0.15, 0.2) is 0 Å². The van der Waals surface area contributed by atoms with Gasteiger partial charge in [-0.05, 0) is 72.6 Å². The SMILES string of the molecule is COC(=O)C[C@H](C(=O)N1CCC[C@H]1c1ncc(-c2ccc(-c3ccc4cc(-c5cnc([C@@H]6CCCN6C(=O)[C@@H](NC(=O)OC)C(C)C)[nH]5)ccc4c3)nc2)[nH]1)C(C)C. The van der Waals surface area contributed by atoms with Gasteiger partial charge in [-0.1, -0.05) is 52.0 Å². The van der Waals surface area contributed by atoms with Gasteiger partial charge in [0.2, 0.25) is 11.8 Å². The van der Waals surface area contributed by atoms with Crippen molar-refractivity contribution < 1.29 is 28.7 Å². The van der Waals surface area contributed by atoms with Crippen molar-refractivity contribution in [3.05, 3.63) is 78.8 Å². The summed E-state index contributed by atoms with van der Waals surface area (Å²) >= 11 is 0. The number of amides is 3. The number of esters is 1. The van der Waals surface area contributed by atoms with E-state index >= 15 is 0 Å². The van der Waals surface area contributed by atoms with Gasteiger partial charge in [0.25, 0.3) is 0 Å². The number of aromatic nitrogens is 5. The third-order valence-corrected chi connectivity index (χ3v) is 11.5. The Kier molecular flexibility index (Phi) is 11.9. The van der Waals surface area contributed by atoms with Crippen LogP contribution in [0.25, 0.3) is 44.5 Å². The molecule has 7 rings (SSSR count). The summed E-state index contributed by atoms with van der Waals surface area (Å²) < 4.78 is 9.63. The van der Waals surface area contributed by atoms with Crippen LogP contribution in [-0.2, 0) is 23.9 Å². The van der Waals surface area contributed by atoms with Crippen LogP contribution in [0.4, 0.5) is 4.79 Å². The molecule has 0 aliphatic carbocycles. The number of hydrogen-bond donors (Lipinski definition) is 3. The van der Waals surface area contributed by atoms with E-state index in [-0.39, 0.29) is 48.1 Å². The van der Waals surface area contributed by atoms with Crippen LogP contribution in [0.5, 0.6) is 0 Å². The molecule has 58 heavy (non-hydrogen) atoms. The van der Waals surface area contributed by atoms with Crippen molar-refractivity contribution in [2.24, 2.45) is 17.8 Å². The van der Waals surface area contributed by atoms with E-state index in [1.807, 2.05) is 62.0 Å². The molecular formula is C44H52N8O6. The van der Waals surface area contributed by atoms with E-state index < -0.39 is 18.1 Å². The summed E-state index contributed by atoms with van der Waals surface area (Å²) in [5.74, 6) is 0.335. The molecule has 14 heteroatoms. The molecule has 0 unspecified atom stereocenters. The molecule has 2 fully saturated rings. The molecule has 2 aliphatic rings. The molecule has 3 amide bonds. The van der Waals surface area contributed by atoms with E-state index in [1.54, 1.807) is 6.20 Å². The lowest BCUT2D eigenvalue weighted by molar-refractivity contribution is -0.148.